The molecule has 0 saturated carbocycles. The molecule has 2 aromatic rings. The Morgan fingerprint density at radius 2 is 2.22 bits per heavy atom. The number of halogens is 2. The van der Waals surface area contributed by atoms with E-state index < -0.39 is 21.9 Å². The van der Waals surface area contributed by atoms with Crippen LogP contribution >= 0.6 is 11.6 Å². The van der Waals surface area contributed by atoms with Gasteiger partial charge >= 0.3 is 0 Å². The monoisotopic (exact) mass is 359 g/mol. The van der Waals surface area contributed by atoms with Crippen LogP contribution in [0.2, 0.25) is 5.02 Å². The van der Waals surface area contributed by atoms with Crippen molar-refractivity contribution in [3.8, 4) is 0 Å². The van der Waals surface area contributed by atoms with Gasteiger partial charge in [0.15, 0.2) is 0 Å². The van der Waals surface area contributed by atoms with Crippen molar-refractivity contribution in [3.63, 3.8) is 0 Å². The number of hydrogen-bond donors (Lipinski definition) is 0. The third-order valence-corrected chi connectivity index (χ3v) is 5.98. The van der Waals surface area contributed by atoms with Gasteiger partial charge in [0.1, 0.15) is 10.7 Å². The Balaban J connectivity index is 1.89. The fraction of sp³-hybridized carbons (Fsp3) is 0.357. The van der Waals surface area contributed by atoms with Crippen molar-refractivity contribution in [2.75, 3.05) is 19.7 Å². The van der Waals surface area contributed by atoms with Crippen LogP contribution in [0.3, 0.4) is 0 Å². The molecule has 1 unspecified atom stereocenters. The van der Waals surface area contributed by atoms with Gasteiger partial charge in [0.2, 0.25) is 10.0 Å². The molecule has 1 atom stereocenters. The molecular formula is C14H15ClFN3O3S. The number of nitrogens with zero attached hydrogens (tertiary/aromatic N) is 3. The van der Waals surface area contributed by atoms with Crippen LogP contribution in [0.4, 0.5) is 4.39 Å². The van der Waals surface area contributed by atoms with E-state index in [0.29, 0.717) is 0 Å². The Bertz CT molecular complexity index is 824. The third-order valence-electron chi connectivity index (χ3n) is 3.64. The first-order chi connectivity index (χ1) is 10.9. The molecular weight excluding hydrogens is 345 g/mol. The summed E-state index contributed by atoms with van der Waals surface area (Å²) in [6, 6.07) is 3.30. The molecule has 6 nitrogen and oxygen atoms in total. The molecule has 0 radical (unpaired) electrons. The molecule has 0 N–H and O–H groups in total. The molecule has 1 saturated heterocycles. The quantitative estimate of drug-likeness (QED) is 0.840. The van der Waals surface area contributed by atoms with Gasteiger partial charge in [-0.3, -0.25) is 4.68 Å². The summed E-state index contributed by atoms with van der Waals surface area (Å²) in [4.78, 5) is -0.231. The van der Waals surface area contributed by atoms with E-state index >= 15 is 0 Å². The van der Waals surface area contributed by atoms with E-state index in [4.69, 9.17) is 16.3 Å². The first-order valence-electron chi connectivity index (χ1n) is 6.93. The molecule has 1 fully saturated rings. The third kappa shape index (κ3) is 3.25. The maximum absolute atomic E-state index is 13.4. The first-order valence-corrected chi connectivity index (χ1v) is 8.75. The van der Waals surface area contributed by atoms with Gasteiger partial charge in [-0.1, -0.05) is 11.6 Å². The van der Waals surface area contributed by atoms with Gasteiger partial charge in [-0.05, 0) is 18.2 Å². The number of sulfonamides is 1. The lowest BCUT2D eigenvalue weighted by Gasteiger charge is -2.31. The lowest BCUT2D eigenvalue weighted by atomic mass is 10.2. The van der Waals surface area contributed by atoms with Gasteiger partial charge < -0.3 is 4.74 Å². The van der Waals surface area contributed by atoms with Crippen molar-refractivity contribution in [3.05, 3.63) is 47.0 Å². The summed E-state index contributed by atoms with van der Waals surface area (Å²) in [5, 5.41) is 4.06. The summed E-state index contributed by atoms with van der Waals surface area (Å²) in [7, 11) is -2.12. The molecule has 1 aromatic carbocycles. The first kappa shape index (κ1) is 16.4. The van der Waals surface area contributed by atoms with E-state index in [1.54, 1.807) is 24.1 Å². The van der Waals surface area contributed by atoms with E-state index in [-0.39, 0.29) is 29.6 Å². The number of rotatable bonds is 3. The standard InChI is InChI=1S/C14H15ClFN3O3S/c1-18-8-10(7-17-18)13-9-19(4-5-22-13)23(20,21)14-6-11(16)2-3-12(14)15/h2-3,6-8,13H,4-5,9H2,1H3. The maximum atomic E-state index is 13.4. The van der Waals surface area contributed by atoms with Crippen molar-refractivity contribution in [1.82, 2.24) is 14.1 Å². The summed E-state index contributed by atoms with van der Waals surface area (Å²) >= 11 is 5.94. The molecule has 0 aliphatic carbocycles. The number of ether oxygens (including phenoxy) is 1. The number of hydrogen-bond acceptors (Lipinski definition) is 4. The highest BCUT2D eigenvalue weighted by molar-refractivity contribution is 7.89. The smallest absolute Gasteiger partial charge is 0.244 e. The molecule has 124 valence electrons. The number of morpholine rings is 1. The van der Waals surface area contributed by atoms with E-state index in [2.05, 4.69) is 5.10 Å². The van der Waals surface area contributed by atoms with Crippen LogP contribution in [0.1, 0.15) is 11.7 Å². The van der Waals surface area contributed by atoms with E-state index in [9.17, 15) is 12.8 Å². The van der Waals surface area contributed by atoms with Gasteiger partial charge in [-0.25, -0.2) is 12.8 Å². The summed E-state index contributed by atoms with van der Waals surface area (Å²) < 4.78 is 47.4. The van der Waals surface area contributed by atoms with Gasteiger partial charge in [-0.2, -0.15) is 9.40 Å². The molecule has 1 aromatic heterocycles. The molecule has 1 aliphatic rings. The zero-order valence-electron chi connectivity index (χ0n) is 12.3. The fourth-order valence-corrected chi connectivity index (χ4v) is 4.38. The molecule has 23 heavy (non-hydrogen) atoms. The zero-order chi connectivity index (χ0) is 16.6. The highest BCUT2D eigenvalue weighted by Crippen LogP contribution is 2.29. The minimum atomic E-state index is -3.90. The van der Waals surface area contributed by atoms with Gasteiger partial charge in [0.05, 0.1) is 23.9 Å². The Morgan fingerprint density at radius 3 is 2.91 bits per heavy atom. The molecule has 0 spiro atoms. The minimum Gasteiger partial charge on any atom is -0.371 e. The zero-order valence-corrected chi connectivity index (χ0v) is 13.9. The number of benzene rings is 1. The Hall–Kier alpha value is -1.48. The van der Waals surface area contributed by atoms with Crippen LogP contribution in [0.5, 0.6) is 0 Å². The van der Waals surface area contributed by atoms with E-state index in [0.717, 1.165) is 17.7 Å². The predicted octanol–water partition coefficient (Wildman–Crippen LogP) is 1.97. The van der Waals surface area contributed by atoms with Crippen LogP contribution in [0.25, 0.3) is 0 Å². The van der Waals surface area contributed by atoms with Gasteiger partial charge in [0, 0.05) is 31.9 Å². The molecule has 0 amide bonds. The number of aromatic nitrogens is 2. The SMILES string of the molecule is Cn1cc(C2CN(S(=O)(=O)c3cc(F)ccc3Cl)CCO2)cn1. The van der Waals surface area contributed by atoms with E-state index in [1.807, 2.05) is 0 Å². The van der Waals surface area contributed by atoms with Crippen LogP contribution < -0.4 is 0 Å². The second-order valence-electron chi connectivity index (χ2n) is 5.24. The lowest BCUT2D eigenvalue weighted by Crippen LogP contribution is -2.42. The second kappa shape index (κ2) is 6.20. The average molecular weight is 360 g/mol. The molecule has 1 aliphatic heterocycles. The topological polar surface area (TPSA) is 64.4 Å². The highest BCUT2D eigenvalue weighted by Gasteiger charge is 2.33. The van der Waals surface area contributed by atoms with Gasteiger partial charge in [-0.15, -0.1) is 0 Å². The maximum Gasteiger partial charge on any atom is 0.244 e. The Morgan fingerprint density at radius 1 is 1.43 bits per heavy atom. The van der Waals surface area contributed by atoms with Crippen LogP contribution in [-0.2, 0) is 21.8 Å². The largest absolute Gasteiger partial charge is 0.371 e. The van der Waals surface area contributed by atoms with Crippen LogP contribution in [0, 0.1) is 5.82 Å². The van der Waals surface area contributed by atoms with Crippen molar-refractivity contribution in [2.45, 2.75) is 11.0 Å². The van der Waals surface area contributed by atoms with Gasteiger partial charge in [0.25, 0.3) is 0 Å². The number of aryl methyl sites for hydroxylation is 1. The highest BCUT2D eigenvalue weighted by atomic mass is 35.5. The summed E-state index contributed by atoms with van der Waals surface area (Å²) in [5.41, 5.74) is 0.790. The Labute approximate surface area is 138 Å². The lowest BCUT2D eigenvalue weighted by molar-refractivity contribution is -0.00259. The average Bonchev–Trinajstić information content (AvgIpc) is 2.96. The molecule has 3 rings (SSSR count). The van der Waals surface area contributed by atoms with Crippen molar-refractivity contribution >= 4 is 21.6 Å². The van der Waals surface area contributed by atoms with Crippen molar-refractivity contribution < 1.29 is 17.5 Å². The van der Waals surface area contributed by atoms with Crippen LogP contribution in [-0.4, -0.2) is 42.2 Å². The molecule has 0 bridgehead atoms. The minimum absolute atomic E-state index is 0.00387. The normalized spacial score (nSPS) is 19.9. The van der Waals surface area contributed by atoms with Crippen molar-refractivity contribution in [2.24, 2.45) is 7.05 Å². The summed E-state index contributed by atoms with van der Waals surface area (Å²) in [6.45, 7) is 0.554. The Kier molecular flexibility index (Phi) is 4.41. The summed E-state index contributed by atoms with van der Waals surface area (Å²) in [6.07, 6.45) is 2.99. The van der Waals surface area contributed by atoms with Crippen LogP contribution in [0.15, 0.2) is 35.5 Å². The van der Waals surface area contributed by atoms with Crippen molar-refractivity contribution in [1.29, 1.82) is 0 Å². The molecule has 2 heterocycles. The second-order valence-corrected chi connectivity index (χ2v) is 7.56. The fourth-order valence-electron chi connectivity index (χ4n) is 2.47. The molecule has 9 heteroatoms. The predicted molar refractivity (Wildman–Crippen MR) is 82.1 cm³/mol. The summed E-state index contributed by atoms with van der Waals surface area (Å²) in [5.74, 6) is -0.648. The van der Waals surface area contributed by atoms with E-state index in [1.165, 1.54) is 10.4 Å².